The van der Waals surface area contributed by atoms with Gasteiger partial charge in [0.15, 0.2) is 5.96 Å². The molecule has 0 bridgehead atoms. The molecule has 2 heterocycles. The molecule has 0 radical (unpaired) electrons. The van der Waals surface area contributed by atoms with Crippen LogP contribution < -0.4 is 10.6 Å². The van der Waals surface area contributed by atoms with Gasteiger partial charge in [-0.05, 0) is 25.5 Å². The molecule has 1 saturated heterocycles. The molecule has 1 aliphatic carbocycles. The van der Waals surface area contributed by atoms with E-state index in [0.717, 1.165) is 70.5 Å². The quantitative estimate of drug-likeness (QED) is 0.312. The largest absolute Gasteiger partial charge is 0.469 e. The maximum atomic E-state index is 5.76. The molecule has 2 aliphatic rings. The first-order chi connectivity index (χ1) is 13.4. The van der Waals surface area contributed by atoms with Crippen molar-refractivity contribution in [1.29, 1.82) is 0 Å². The smallest absolute Gasteiger partial charge is 0.191 e. The van der Waals surface area contributed by atoms with Crippen LogP contribution in [0.15, 0.2) is 27.8 Å². The van der Waals surface area contributed by atoms with Gasteiger partial charge in [-0.25, -0.2) is 0 Å². The summed E-state index contributed by atoms with van der Waals surface area (Å²) in [4.78, 5) is 7.24. The summed E-state index contributed by atoms with van der Waals surface area (Å²) >= 11 is 0. The van der Waals surface area contributed by atoms with E-state index in [-0.39, 0.29) is 35.0 Å². The summed E-state index contributed by atoms with van der Waals surface area (Å²) in [5.74, 6) is 1.85. The number of hydrogen-bond acceptors (Lipinski definition) is 5. The zero-order chi connectivity index (χ0) is 20.0. The third-order valence-electron chi connectivity index (χ3n) is 6.62. The molecule has 0 aromatic carbocycles. The van der Waals surface area contributed by atoms with E-state index in [9.17, 15) is 0 Å². The molecule has 3 rings (SSSR count). The lowest BCUT2D eigenvalue weighted by molar-refractivity contribution is -0.176. The standard InChI is InChI=1S/C21H36N4O3.HI/c1-20(2)18(16-21(20,3)26-4)24-19(22-8-7-17-6-5-13-28-17)23-9-10-25-11-14-27-15-12-25;/h5-6,13,18H,7-12,14-16H2,1-4H3,(H2,22,23,24);1H. The molecule has 29 heavy (non-hydrogen) atoms. The van der Waals surface area contributed by atoms with E-state index in [1.165, 1.54) is 0 Å². The SMILES string of the molecule is COC1(C)CC(NC(=NCCN2CCOCC2)NCCc2ccco2)C1(C)C.I. The minimum Gasteiger partial charge on any atom is -0.469 e. The lowest BCUT2D eigenvalue weighted by Crippen LogP contribution is -2.69. The van der Waals surface area contributed by atoms with Gasteiger partial charge < -0.3 is 24.5 Å². The van der Waals surface area contributed by atoms with Crippen LogP contribution in [0.3, 0.4) is 0 Å². The topological polar surface area (TPSA) is 71.3 Å². The number of aliphatic imine (C=N–C) groups is 1. The summed E-state index contributed by atoms with van der Waals surface area (Å²) in [6, 6.07) is 4.26. The van der Waals surface area contributed by atoms with Crippen LogP contribution in [0.2, 0.25) is 0 Å². The van der Waals surface area contributed by atoms with E-state index >= 15 is 0 Å². The summed E-state index contributed by atoms with van der Waals surface area (Å²) in [7, 11) is 1.80. The van der Waals surface area contributed by atoms with Crippen molar-refractivity contribution in [3.05, 3.63) is 24.2 Å². The lowest BCUT2D eigenvalue weighted by atomic mass is 9.56. The Morgan fingerprint density at radius 2 is 2.07 bits per heavy atom. The van der Waals surface area contributed by atoms with Crippen LogP contribution in [0.25, 0.3) is 0 Å². The maximum Gasteiger partial charge on any atom is 0.191 e. The summed E-state index contributed by atoms with van der Waals surface area (Å²) in [6.07, 6.45) is 3.52. The van der Waals surface area contributed by atoms with Gasteiger partial charge in [-0.1, -0.05) is 13.8 Å². The minimum absolute atomic E-state index is 0. The molecule has 2 atom stereocenters. The van der Waals surface area contributed by atoms with Crippen LogP contribution in [0.5, 0.6) is 0 Å². The van der Waals surface area contributed by atoms with Gasteiger partial charge in [-0.15, -0.1) is 24.0 Å². The van der Waals surface area contributed by atoms with Crippen LogP contribution in [-0.2, 0) is 15.9 Å². The van der Waals surface area contributed by atoms with Crippen LogP contribution in [0.4, 0.5) is 0 Å². The van der Waals surface area contributed by atoms with Crippen molar-refractivity contribution in [2.24, 2.45) is 10.4 Å². The lowest BCUT2D eigenvalue weighted by Gasteiger charge is -2.59. The zero-order valence-corrected chi connectivity index (χ0v) is 20.5. The van der Waals surface area contributed by atoms with Crippen LogP contribution in [-0.4, -0.2) is 75.5 Å². The Hall–Kier alpha value is -0.840. The third-order valence-corrected chi connectivity index (χ3v) is 6.62. The highest BCUT2D eigenvalue weighted by molar-refractivity contribution is 14.0. The van der Waals surface area contributed by atoms with Gasteiger partial charge in [0.25, 0.3) is 0 Å². The van der Waals surface area contributed by atoms with E-state index in [2.05, 4.69) is 36.3 Å². The molecule has 2 fully saturated rings. The van der Waals surface area contributed by atoms with Gasteiger partial charge in [0.1, 0.15) is 5.76 Å². The Labute approximate surface area is 192 Å². The molecule has 1 aliphatic heterocycles. The molecule has 2 N–H and O–H groups in total. The van der Waals surface area contributed by atoms with Crippen LogP contribution >= 0.6 is 24.0 Å². The molecular formula is C21H37IN4O3. The van der Waals surface area contributed by atoms with Gasteiger partial charge in [0, 0.05) is 51.2 Å². The molecule has 1 saturated carbocycles. The molecule has 0 amide bonds. The van der Waals surface area contributed by atoms with Crippen LogP contribution in [0, 0.1) is 5.41 Å². The van der Waals surface area contributed by atoms with Crippen LogP contribution in [0.1, 0.15) is 33.0 Å². The van der Waals surface area contributed by atoms with Crippen molar-refractivity contribution >= 4 is 29.9 Å². The second-order valence-electron chi connectivity index (χ2n) is 8.50. The van der Waals surface area contributed by atoms with E-state index in [0.29, 0.717) is 6.04 Å². The first-order valence-corrected chi connectivity index (χ1v) is 10.4. The number of rotatable bonds is 8. The Morgan fingerprint density at radius 1 is 1.31 bits per heavy atom. The highest BCUT2D eigenvalue weighted by Crippen LogP contribution is 2.51. The summed E-state index contributed by atoms with van der Waals surface area (Å²) in [5.41, 5.74) is -0.0623. The first kappa shape index (κ1) is 24.4. The van der Waals surface area contributed by atoms with E-state index in [1.807, 2.05) is 12.1 Å². The number of nitrogens with one attached hydrogen (secondary N) is 2. The molecule has 1 aromatic rings. The Morgan fingerprint density at radius 3 is 2.69 bits per heavy atom. The highest BCUT2D eigenvalue weighted by atomic mass is 127. The average Bonchev–Trinajstić information content (AvgIpc) is 3.21. The Kier molecular flexibility index (Phi) is 9.24. The fourth-order valence-electron chi connectivity index (χ4n) is 3.93. The zero-order valence-electron chi connectivity index (χ0n) is 18.2. The third kappa shape index (κ3) is 6.08. The predicted octanol–water partition coefficient (Wildman–Crippen LogP) is 2.51. The van der Waals surface area contributed by atoms with Crippen molar-refractivity contribution < 1.29 is 13.9 Å². The van der Waals surface area contributed by atoms with Gasteiger partial charge in [-0.3, -0.25) is 9.89 Å². The van der Waals surface area contributed by atoms with E-state index in [1.54, 1.807) is 13.4 Å². The fraction of sp³-hybridized carbons (Fsp3) is 0.762. The van der Waals surface area contributed by atoms with Gasteiger partial charge in [0.2, 0.25) is 0 Å². The first-order valence-electron chi connectivity index (χ1n) is 10.4. The number of ether oxygens (including phenoxy) is 2. The maximum absolute atomic E-state index is 5.76. The predicted molar refractivity (Wildman–Crippen MR) is 126 cm³/mol. The number of guanidine groups is 1. The molecule has 1 aromatic heterocycles. The number of morpholine rings is 1. The van der Waals surface area contributed by atoms with Crippen molar-refractivity contribution in [2.75, 3.05) is 53.0 Å². The molecule has 7 nitrogen and oxygen atoms in total. The van der Waals surface area contributed by atoms with Crippen molar-refractivity contribution in [3.8, 4) is 0 Å². The average molecular weight is 520 g/mol. The summed E-state index contributed by atoms with van der Waals surface area (Å²) in [6.45, 7) is 12.8. The second kappa shape index (κ2) is 11.0. The Bertz CT molecular complexity index is 632. The minimum atomic E-state index is -0.0995. The number of nitrogens with zero attached hydrogens (tertiary/aromatic N) is 2. The van der Waals surface area contributed by atoms with Gasteiger partial charge in [-0.2, -0.15) is 0 Å². The molecule has 166 valence electrons. The van der Waals surface area contributed by atoms with Gasteiger partial charge >= 0.3 is 0 Å². The second-order valence-corrected chi connectivity index (χ2v) is 8.50. The molecule has 8 heteroatoms. The molecular weight excluding hydrogens is 483 g/mol. The van der Waals surface area contributed by atoms with Crippen molar-refractivity contribution in [1.82, 2.24) is 15.5 Å². The van der Waals surface area contributed by atoms with E-state index < -0.39 is 0 Å². The number of methoxy groups -OCH3 is 1. The molecule has 2 unspecified atom stereocenters. The van der Waals surface area contributed by atoms with Crippen molar-refractivity contribution in [2.45, 2.75) is 45.3 Å². The summed E-state index contributed by atoms with van der Waals surface area (Å²) < 4.78 is 16.6. The number of halogens is 1. The monoisotopic (exact) mass is 520 g/mol. The van der Waals surface area contributed by atoms with E-state index in [4.69, 9.17) is 18.9 Å². The normalized spacial score (nSPS) is 27.0. The number of furan rings is 1. The number of hydrogen-bond donors (Lipinski definition) is 2. The van der Waals surface area contributed by atoms with Gasteiger partial charge in [0.05, 0.1) is 31.6 Å². The Balaban J connectivity index is 0.00000300. The summed E-state index contributed by atoms with van der Waals surface area (Å²) in [5, 5.41) is 7.11. The van der Waals surface area contributed by atoms with Crippen molar-refractivity contribution in [3.63, 3.8) is 0 Å². The highest BCUT2D eigenvalue weighted by Gasteiger charge is 2.58. The molecule has 0 spiro atoms. The fourth-order valence-corrected chi connectivity index (χ4v) is 3.93.